The molecule has 0 aromatic rings. The van der Waals surface area contributed by atoms with Gasteiger partial charge in [0.15, 0.2) is 0 Å². The fourth-order valence-electron chi connectivity index (χ4n) is 0.516. The van der Waals surface area contributed by atoms with Crippen molar-refractivity contribution in [1.29, 1.82) is 0 Å². The highest BCUT2D eigenvalue weighted by Gasteiger charge is 1.92. The van der Waals surface area contributed by atoms with Crippen LogP contribution in [0.5, 0.6) is 0 Å². The minimum atomic E-state index is 0.889. The van der Waals surface area contributed by atoms with E-state index in [1.807, 2.05) is 0 Å². The second kappa shape index (κ2) is 7.88. The van der Waals surface area contributed by atoms with Gasteiger partial charge in [-0.15, -0.1) is 0 Å². The average molecular weight is 133 g/mol. The molecule has 0 aliphatic carbocycles. The number of nitrogens with one attached hydrogen (secondary N) is 1. The van der Waals surface area contributed by atoms with Crippen molar-refractivity contribution in [3.63, 3.8) is 0 Å². The lowest BCUT2D eigenvalue weighted by Crippen LogP contribution is -2.30. The maximum atomic E-state index is 5.01. The highest BCUT2D eigenvalue weighted by Crippen LogP contribution is 1.76. The molecule has 1 rings (SSSR count). The molecule has 1 saturated heterocycles. The molecule has 9 heavy (non-hydrogen) atoms. The summed E-state index contributed by atoms with van der Waals surface area (Å²) in [6.45, 7) is 3.83. The Hall–Kier alpha value is -0.120. The molecule has 1 fully saturated rings. The Bertz CT molecular complexity index is 34.8. The van der Waals surface area contributed by atoms with Gasteiger partial charge in [-0.05, 0) is 0 Å². The van der Waals surface area contributed by atoms with Gasteiger partial charge in [-0.2, -0.15) is 0 Å². The van der Waals surface area contributed by atoms with Crippen molar-refractivity contribution in [2.45, 2.75) is 0 Å². The van der Waals surface area contributed by atoms with Gasteiger partial charge in [0.25, 0.3) is 0 Å². The van der Waals surface area contributed by atoms with Crippen LogP contribution >= 0.6 is 0 Å². The summed E-state index contributed by atoms with van der Waals surface area (Å²) < 4.78 is 9.26. The summed E-state index contributed by atoms with van der Waals surface area (Å²) in [6, 6.07) is 0. The monoisotopic (exact) mass is 133 g/mol. The Kier molecular flexibility index (Phi) is 7.77. The molecule has 1 heterocycles. The summed E-state index contributed by atoms with van der Waals surface area (Å²) in [7, 11) is 3.25. The third-order valence-electron chi connectivity index (χ3n) is 0.846. The summed E-state index contributed by atoms with van der Waals surface area (Å²) in [5, 5.41) is 3.16. The van der Waals surface area contributed by atoms with Crippen LogP contribution in [0.1, 0.15) is 0 Å². The molecule has 0 bridgehead atoms. The standard InChI is InChI=1S/C4H9NO.C2H6O/c1-3-6-4-2-5-1;1-3-2/h5H,1-4H2;1-2H3. The Morgan fingerprint density at radius 1 is 1.22 bits per heavy atom. The molecule has 0 aromatic heterocycles. The summed E-state index contributed by atoms with van der Waals surface area (Å²) >= 11 is 0. The molecule has 0 atom stereocenters. The van der Waals surface area contributed by atoms with Gasteiger partial charge in [0, 0.05) is 27.3 Å². The fraction of sp³-hybridized carbons (Fsp3) is 1.00. The minimum absolute atomic E-state index is 0.889. The molecular formula is C6H15NO2. The smallest absolute Gasteiger partial charge is 0.0591 e. The molecule has 0 unspecified atom stereocenters. The van der Waals surface area contributed by atoms with E-state index >= 15 is 0 Å². The van der Waals surface area contributed by atoms with Crippen molar-refractivity contribution in [2.75, 3.05) is 40.5 Å². The first-order chi connectivity index (χ1) is 4.41. The zero-order chi connectivity index (χ0) is 6.95. The van der Waals surface area contributed by atoms with E-state index in [1.165, 1.54) is 0 Å². The van der Waals surface area contributed by atoms with Gasteiger partial charge < -0.3 is 14.8 Å². The molecule has 0 spiro atoms. The van der Waals surface area contributed by atoms with E-state index in [1.54, 1.807) is 14.2 Å². The van der Waals surface area contributed by atoms with Crippen LogP contribution in [0.2, 0.25) is 0 Å². The maximum absolute atomic E-state index is 5.01. The number of methoxy groups -OCH3 is 1. The van der Waals surface area contributed by atoms with Crippen LogP contribution in [0.4, 0.5) is 0 Å². The zero-order valence-electron chi connectivity index (χ0n) is 6.14. The van der Waals surface area contributed by atoms with Crippen LogP contribution < -0.4 is 5.32 Å². The Labute approximate surface area is 56.3 Å². The predicted molar refractivity (Wildman–Crippen MR) is 36.6 cm³/mol. The van der Waals surface area contributed by atoms with Crippen LogP contribution in [0, 0.1) is 0 Å². The summed E-state index contributed by atoms with van der Waals surface area (Å²) in [6.07, 6.45) is 0. The fourth-order valence-corrected chi connectivity index (χ4v) is 0.516. The molecule has 0 aromatic carbocycles. The molecular weight excluding hydrogens is 118 g/mol. The molecule has 1 aliphatic rings. The van der Waals surface area contributed by atoms with Crippen molar-refractivity contribution >= 4 is 0 Å². The van der Waals surface area contributed by atoms with Crippen LogP contribution in [-0.2, 0) is 9.47 Å². The highest BCUT2D eigenvalue weighted by molar-refractivity contribution is 4.49. The van der Waals surface area contributed by atoms with Crippen LogP contribution in [0.3, 0.4) is 0 Å². The number of ether oxygens (including phenoxy) is 2. The number of morpholine rings is 1. The first-order valence-corrected chi connectivity index (χ1v) is 3.10. The third kappa shape index (κ3) is 7.88. The van der Waals surface area contributed by atoms with Crippen LogP contribution in [0.25, 0.3) is 0 Å². The van der Waals surface area contributed by atoms with Crippen molar-refractivity contribution in [3.05, 3.63) is 0 Å². The van der Waals surface area contributed by atoms with E-state index in [4.69, 9.17) is 4.74 Å². The maximum Gasteiger partial charge on any atom is 0.0591 e. The first-order valence-electron chi connectivity index (χ1n) is 3.10. The Morgan fingerprint density at radius 2 is 1.67 bits per heavy atom. The van der Waals surface area contributed by atoms with Crippen molar-refractivity contribution in [3.8, 4) is 0 Å². The van der Waals surface area contributed by atoms with E-state index in [-0.39, 0.29) is 0 Å². The Balaban J connectivity index is 0.000000187. The predicted octanol–water partition coefficient (Wildman–Crippen LogP) is -0.131. The zero-order valence-corrected chi connectivity index (χ0v) is 6.14. The van der Waals surface area contributed by atoms with E-state index in [0.717, 1.165) is 26.3 Å². The molecule has 3 nitrogen and oxygen atoms in total. The van der Waals surface area contributed by atoms with E-state index in [9.17, 15) is 0 Å². The lowest BCUT2D eigenvalue weighted by atomic mass is 10.5. The van der Waals surface area contributed by atoms with Gasteiger partial charge in [-0.3, -0.25) is 0 Å². The first kappa shape index (κ1) is 8.88. The largest absolute Gasteiger partial charge is 0.388 e. The van der Waals surface area contributed by atoms with E-state index < -0.39 is 0 Å². The van der Waals surface area contributed by atoms with Crippen molar-refractivity contribution in [2.24, 2.45) is 0 Å². The van der Waals surface area contributed by atoms with Gasteiger partial charge in [0.1, 0.15) is 0 Å². The quantitative estimate of drug-likeness (QED) is 0.499. The van der Waals surface area contributed by atoms with Crippen LogP contribution in [-0.4, -0.2) is 40.5 Å². The SMILES string of the molecule is C1COCCN1.COC. The number of hydrogen-bond acceptors (Lipinski definition) is 3. The average Bonchev–Trinajstić information content (AvgIpc) is 1.93. The topological polar surface area (TPSA) is 30.5 Å². The highest BCUT2D eigenvalue weighted by atomic mass is 16.5. The van der Waals surface area contributed by atoms with Gasteiger partial charge in [-0.25, -0.2) is 0 Å². The molecule has 1 N–H and O–H groups in total. The van der Waals surface area contributed by atoms with Crippen LogP contribution in [0.15, 0.2) is 0 Å². The van der Waals surface area contributed by atoms with Gasteiger partial charge in [0.2, 0.25) is 0 Å². The summed E-state index contributed by atoms with van der Waals surface area (Å²) in [4.78, 5) is 0. The summed E-state index contributed by atoms with van der Waals surface area (Å²) in [5.74, 6) is 0. The van der Waals surface area contributed by atoms with Gasteiger partial charge in [-0.1, -0.05) is 0 Å². The molecule has 1 aliphatic heterocycles. The third-order valence-corrected chi connectivity index (χ3v) is 0.846. The van der Waals surface area contributed by atoms with Gasteiger partial charge >= 0.3 is 0 Å². The van der Waals surface area contributed by atoms with Crippen molar-refractivity contribution < 1.29 is 9.47 Å². The Morgan fingerprint density at radius 3 is 1.78 bits per heavy atom. The lowest BCUT2D eigenvalue weighted by Gasteiger charge is -2.10. The molecule has 3 heteroatoms. The van der Waals surface area contributed by atoms with E-state index in [0.29, 0.717) is 0 Å². The second-order valence-electron chi connectivity index (χ2n) is 1.77. The summed E-state index contributed by atoms with van der Waals surface area (Å²) in [5.41, 5.74) is 0. The molecule has 56 valence electrons. The number of hydrogen-bond donors (Lipinski definition) is 1. The normalized spacial score (nSPS) is 18.0. The minimum Gasteiger partial charge on any atom is -0.388 e. The molecule has 0 radical (unpaired) electrons. The number of rotatable bonds is 0. The van der Waals surface area contributed by atoms with Gasteiger partial charge in [0.05, 0.1) is 13.2 Å². The molecule has 0 amide bonds. The molecule has 0 saturated carbocycles. The van der Waals surface area contributed by atoms with Crippen molar-refractivity contribution in [1.82, 2.24) is 5.32 Å². The second-order valence-corrected chi connectivity index (χ2v) is 1.77. The van der Waals surface area contributed by atoms with E-state index in [2.05, 4.69) is 10.1 Å². The lowest BCUT2D eigenvalue weighted by molar-refractivity contribution is 0.109.